The van der Waals surface area contributed by atoms with Crippen LogP contribution in [0.25, 0.3) is 0 Å². The zero-order valence-corrected chi connectivity index (χ0v) is 13.7. The Labute approximate surface area is 135 Å². The predicted molar refractivity (Wildman–Crippen MR) is 85.6 cm³/mol. The largest absolute Gasteiger partial charge is 0.476 e. The van der Waals surface area contributed by atoms with Crippen molar-refractivity contribution in [1.29, 1.82) is 0 Å². The van der Waals surface area contributed by atoms with E-state index in [2.05, 4.69) is 10.1 Å². The number of rotatable bonds is 8. The molecule has 0 aliphatic carbocycles. The van der Waals surface area contributed by atoms with Crippen molar-refractivity contribution in [2.45, 2.75) is 33.8 Å². The number of nitrogens with one attached hydrogen (secondary N) is 1. The molecule has 0 saturated carbocycles. The fourth-order valence-electron chi connectivity index (χ4n) is 1.76. The van der Waals surface area contributed by atoms with Crippen LogP contribution in [-0.2, 0) is 23.9 Å². The molecule has 6 heteroatoms. The van der Waals surface area contributed by atoms with Gasteiger partial charge in [-0.1, -0.05) is 18.2 Å². The van der Waals surface area contributed by atoms with Crippen LogP contribution in [0.2, 0.25) is 0 Å². The molecular weight excluding hydrogens is 298 g/mol. The number of carbonyl (C=O) groups excluding carboxylic acids is 3. The van der Waals surface area contributed by atoms with Gasteiger partial charge >= 0.3 is 5.97 Å². The molecule has 0 amide bonds. The summed E-state index contributed by atoms with van der Waals surface area (Å²) in [6.07, 6.45) is -0.300. The molecule has 0 fully saturated rings. The number of hydrogen-bond donors (Lipinski definition) is 1. The highest BCUT2D eigenvalue weighted by atomic mass is 16.5. The Bertz CT molecular complexity index is 605. The molecule has 0 unspecified atom stereocenters. The molecule has 0 saturated heterocycles. The molecule has 0 radical (unpaired) electrons. The number of anilines is 1. The van der Waals surface area contributed by atoms with Gasteiger partial charge in [0.1, 0.15) is 5.57 Å². The lowest BCUT2D eigenvalue weighted by molar-refractivity contribution is -0.152. The van der Waals surface area contributed by atoms with Crippen LogP contribution in [0, 0.1) is 0 Å². The number of carbonyl (C=O) groups is 3. The smallest absolute Gasteiger partial charge is 0.380 e. The van der Waals surface area contributed by atoms with Gasteiger partial charge in [-0.05, 0) is 39.8 Å². The first-order valence-corrected chi connectivity index (χ1v) is 7.32. The predicted octanol–water partition coefficient (Wildman–Crippen LogP) is 2.46. The minimum atomic E-state index is -1.09. The Morgan fingerprint density at radius 2 is 1.74 bits per heavy atom. The first-order chi connectivity index (χ1) is 10.9. The highest BCUT2D eigenvalue weighted by Gasteiger charge is 2.29. The summed E-state index contributed by atoms with van der Waals surface area (Å²) in [4.78, 5) is 35.8. The Morgan fingerprint density at radius 1 is 1.13 bits per heavy atom. The van der Waals surface area contributed by atoms with E-state index in [1.807, 2.05) is 6.07 Å². The maximum absolute atomic E-state index is 12.2. The van der Waals surface area contributed by atoms with Gasteiger partial charge in [0.2, 0.25) is 5.88 Å². The third-order valence-electron chi connectivity index (χ3n) is 2.65. The Hall–Kier alpha value is -2.63. The minimum absolute atomic E-state index is 0.0439. The van der Waals surface area contributed by atoms with Gasteiger partial charge < -0.3 is 14.8 Å². The third kappa shape index (κ3) is 5.58. The van der Waals surface area contributed by atoms with E-state index in [9.17, 15) is 14.4 Å². The molecule has 1 rings (SSSR count). The normalized spacial score (nSPS) is 11.5. The lowest BCUT2D eigenvalue weighted by Crippen LogP contribution is -2.27. The molecular formula is C17H21NO5. The maximum Gasteiger partial charge on any atom is 0.380 e. The second-order valence-electron chi connectivity index (χ2n) is 4.97. The van der Waals surface area contributed by atoms with Gasteiger partial charge in [-0.15, -0.1) is 0 Å². The zero-order chi connectivity index (χ0) is 17.4. The van der Waals surface area contributed by atoms with E-state index < -0.39 is 17.5 Å². The second-order valence-corrected chi connectivity index (χ2v) is 4.97. The van der Waals surface area contributed by atoms with Crippen LogP contribution in [-0.4, -0.2) is 30.2 Å². The van der Waals surface area contributed by atoms with Gasteiger partial charge in [-0.3, -0.25) is 9.59 Å². The van der Waals surface area contributed by atoms with E-state index in [0.717, 1.165) is 0 Å². The number of para-hydroxylation sites is 1. The Balaban J connectivity index is 3.28. The van der Waals surface area contributed by atoms with Crippen LogP contribution >= 0.6 is 0 Å². The van der Waals surface area contributed by atoms with Crippen LogP contribution in [0.5, 0.6) is 0 Å². The van der Waals surface area contributed by atoms with Crippen molar-refractivity contribution < 1.29 is 23.9 Å². The molecule has 23 heavy (non-hydrogen) atoms. The molecule has 0 aliphatic heterocycles. The third-order valence-corrected chi connectivity index (χ3v) is 2.65. The van der Waals surface area contributed by atoms with Crippen molar-refractivity contribution in [3.05, 3.63) is 41.8 Å². The van der Waals surface area contributed by atoms with Gasteiger partial charge in [-0.2, -0.15) is 0 Å². The minimum Gasteiger partial charge on any atom is -0.476 e. The highest BCUT2D eigenvalue weighted by Crippen LogP contribution is 2.17. The monoisotopic (exact) mass is 319 g/mol. The summed E-state index contributed by atoms with van der Waals surface area (Å²) in [5.41, 5.74) is 0.263. The van der Waals surface area contributed by atoms with Crippen LogP contribution < -0.4 is 5.32 Å². The number of esters is 1. The highest BCUT2D eigenvalue weighted by molar-refractivity contribution is 6.47. The van der Waals surface area contributed by atoms with Gasteiger partial charge in [0.25, 0.3) is 5.78 Å². The molecule has 1 N–H and O–H groups in total. The topological polar surface area (TPSA) is 81.7 Å². The van der Waals surface area contributed by atoms with Gasteiger partial charge in [0.05, 0.1) is 12.7 Å². The van der Waals surface area contributed by atoms with E-state index in [-0.39, 0.29) is 24.2 Å². The van der Waals surface area contributed by atoms with E-state index in [0.29, 0.717) is 5.69 Å². The summed E-state index contributed by atoms with van der Waals surface area (Å²) in [5, 5.41) is 2.88. The molecule has 0 aromatic heterocycles. The van der Waals surface area contributed by atoms with E-state index in [1.165, 1.54) is 6.92 Å². The fraction of sp³-hybridized carbons (Fsp3) is 0.353. The maximum atomic E-state index is 12.2. The van der Waals surface area contributed by atoms with Crippen LogP contribution in [0.4, 0.5) is 5.69 Å². The van der Waals surface area contributed by atoms with E-state index >= 15 is 0 Å². The quantitative estimate of drug-likeness (QED) is 0.198. The summed E-state index contributed by atoms with van der Waals surface area (Å²) in [5.74, 6) is -2.75. The SMILES string of the molecule is CCOC(=O)C(=O)/C(C(C)=O)=C(\Nc1ccccc1)OC(C)C. The number of ether oxygens (including phenoxy) is 2. The Kier molecular flexibility index (Phi) is 6.99. The molecule has 0 atom stereocenters. The number of ketones is 2. The average molecular weight is 319 g/mol. The number of Topliss-reactive ketones (excluding diaryl/α,β-unsaturated/α-hetero) is 2. The van der Waals surface area contributed by atoms with Crippen molar-refractivity contribution >= 4 is 23.2 Å². The molecule has 0 aliphatic rings. The molecule has 0 spiro atoms. The number of benzene rings is 1. The molecule has 1 aromatic carbocycles. The van der Waals surface area contributed by atoms with Gasteiger partial charge in [0.15, 0.2) is 5.78 Å². The second kappa shape index (κ2) is 8.73. The first-order valence-electron chi connectivity index (χ1n) is 7.32. The average Bonchev–Trinajstić information content (AvgIpc) is 2.47. The van der Waals surface area contributed by atoms with E-state index in [1.54, 1.807) is 45.0 Å². The summed E-state index contributed by atoms with van der Waals surface area (Å²) in [6.45, 7) is 6.32. The first kappa shape index (κ1) is 18.4. The van der Waals surface area contributed by atoms with Crippen molar-refractivity contribution in [3.8, 4) is 0 Å². The summed E-state index contributed by atoms with van der Waals surface area (Å²) >= 11 is 0. The molecule has 0 bridgehead atoms. The molecule has 1 aromatic rings. The van der Waals surface area contributed by atoms with Crippen LogP contribution in [0.1, 0.15) is 27.7 Å². The van der Waals surface area contributed by atoms with E-state index in [4.69, 9.17) is 4.74 Å². The Morgan fingerprint density at radius 3 is 2.22 bits per heavy atom. The standard InChI is InChI=1S/C17H21NO5/c1-5-22-17(21)15(20)14(12(4)19)16(23-11(2)3)18-13-9-7-6-8-10-13/h6-11,18H,5H2,1-4H3/b16-14+. The van der Waals surface area contributed by atoms with Gasteiger partial charge in [-0.25, -0.2) is 4.79 Å². The number of hydrogen-bond acceptors (Lipinski definition) is 6. The molecule has 124 valence electrons. The van der Waals surface area contributed by atoms with Gasteiger partial charge in [0, 0.05) is 5.69 Å². The lowest BCUT2D eigenvalue weighted by Gasteiger charge is -2.18. The fourth-order valence-corrected chi connectivity index (χ4v) is 1.76. The van der Waals surface area contributed by atoms with Crippen LogP contribution in [0.3, 0.4) is 0 Å². The summed E-state index contributed by atoms with van der Waals surface area (Å²) < 4.78 is 10.2. The molecule has 0 heterocycles. The summed E-state index contributed by atoms with van der Waals surface area (Å²) in [7, 11) is 0. The molecule has 6 nitrogen and oxygen atoms in total. The van der Waals surface area contributed by atoms with Crippen molar-refractivity contribution in [2.75, 3.05) is 11.9 Å². The van der Waals surface area contributed by atoms with Crippen molar-refractivity contribution in [1.82, 2.24) is 0 Å². The van der Waals surface area contributed by atoms with Crippen molar-refractivity contribution in [3.63, 3.8) is 0 Å². The van der Waals surface area contributed by atoms with Crippen molar-refractivity contribution in [2.24, 2.45) is 0 Å². The van der Waals surface area contributed by atoms with Crippen LogP contribution in [0.15, 0.2) is 41.8 Å². The lowest BCUT2D eigenvalue weighted by atomic mass is 10.1. The zero-order valence-electron chi connectivity index (χ0n) is 13.7. The summed E-state index contributed by atoms with van der Waals surface area (Å²) in [6, 6.07) is 8.89.